The maximum absolute atomic E-state index is 11.8. The van der Waals surface area contributed by atoms with Gasteiger partial charge in [-0.1, -0.05) is 13.8 Å². The zero-order chi connectivity index (χ0) is 12.8. The summed E-state index contributed by atoms with van der Waals surface area (Å²) in [6, 6.07) is 3.23. The number of nitrogens with one attached hydrogen (secondary N) is 1. The first kappa shape index (κ1) is 13.7. The van der Waals surface area contributed by atoms with E-state index in [0.29, 0.717) is 12.2 Å². The van der Waals surface area contributed by atoms with Gasteiger partial charge in [-0.15, -0.1) is 0 Å². The van der Waals surface area contributed by atoms with Crippen LogP contribution >= 0.6 is 0 Å². The van der Waals surface area contributed by atoms with Crippen molar-refractivity contribution < 1.29 is 14.3 Å². The number of aliphatic hydroxyl groups is 1. The zero-order valence-corrected chi connectivity index (χ0v) is 10.3. The van der Waals surface area contributed by atoms with Gasteiger partial charge in [0.05, 0.1) is 6.54 Å². The number of rotatable bonds is 6. The number of carbonyl (C=O) groups excluding carboxylic acids is 1. The predicted molar refractivity (Wildman–Crippen MR) is 64.4 cm³/mol. The highest BCUT2D eigenvalue weighted by Crippen LogP contribution is 2.10. The lowest BCUT2D eigenvalue weighted by Gasteiger charge is -2.20. The molecular weight excluding hydrogens is 220 g/mol. The minimum atomic E-state index is -0.267. The highest BCUT2D eigenvalue weighted by atomic mass is 16.4. The Hall–Kier alpha value is -1.33. The van der Waals surface area contributed by atoms with Gasteiger partial charge in [0.2, 0.25) is 0 Å². The van der Waals surface area contributed by atoms with E-state index in [0.717, 1.165) is 0 Å². The summed E-state index contributed by atoms with van der Waals surface area (Å²) in [6.45, 7) is 4.31. The van der Waals surface area contributed by atoms with Gasteiger partial charge in [-0.3, -0.25) is 4.79 Å². The van der Waals surface area contributed by atoms with Gasteiger partial charge in [-0.05, 0) is 24.5 Å². The van der Waals surface area contributed by atoms with Gasteiger partial charge in [-0.2, -0.15) is 0 Å². The Labute approximate surface area is 101 Å². The number of nitrogens with two attached hydrogens (primary N) is 1. The Morgan fingerprint density at radius 1 is 1.53 bits per heavy atom. The van der Waals surface area contributed by atoms with Crippen LogP contribution in [0.25, 0.3) is 0 Å². The van der Waals surface area contributed by atoms with E-state index in [1.54, 1.807) is 12.1 Å². The summed E-state index contributed by atoms with van der Waals surface area (Å²) in [5.41, 5.74) is 5.40. The lowest BCUT2D eigenvalue weighted by molar-refractivity contribution is 0.0886. The highest BCUT2D eigenvalue weighted by Gasteiger charge is 2.18. The summed E-state index contributed by atoms with van der Waals surface area (Å²) in [7, 11) is 0. The van der Waals surface area contributed by atoms with Crippen molar-refractivity contribution in [1.29, 1.82) is 0 Å². The van der Waals surface area contributed by atoms with Crippen LogP contribution in [0.1, 0.15) is 36.6 Å². The molecule has 17 heavy (non-hydrogen) atoms. The van der Waals surface area contributed by atoms with E-state index in [4.69, 9.17) is 15.3 Å². The van der Waals surface area contributed by atoms with E-state index in [1.165, 1.54) is 0 Å². The first-order valence-electron chi connectivity index (χ1n) is 5.79. The van der Waals surface area contributed by atoms with Gasteiger partial charge >= 0.3 is 0 Å². The molecule has 5 nitrogen and oxygen atoms in total. The monoisotopic (exact) mass is 240 g/mol. The molecule has 0 bridgehead atoms. The van der Waals surface area contributed by atoms with Gasteiger partial charge in [0, 0.05) is 12.6 Å². The Kier molecular flexibility index (Phi) is 5.18. The molecule has 1 aromatic heterocycles. The molecule has 1 aromatic rings. The van der Waals surface area contributed by atoms with Crippen LogP contribution in [0, 0.1) is 5.92 Å². The van der Waals surface area contributed by atoms with Gasteiger partial charge in [-0.25, -0.2) is 0 Å². The van der Waals surface area contributed by atoms with Gasteiger partial charge in [0.15, 0.2) is 5.76 Å². The fraction of sp³-hybridized carbons (Fsp3) is 0.583. The third-order valence-corrected chi connectivity index (χ3v) is 2.65. The largest absolute Gasteiger partial charge is 0.455 e. The number of furan rings is 1. The molecule has 1 atom stereocenters. The minimum absolute atomic E-state index is 0.0509. The first-order chi connectivity index (χ1) is 8.08. The first-order valence-corrected chi connectivity index (χ1v) is 5.79. The van der Waals surface area contributed by atoms with Crippen molar-refractivity contribution in [3.8, 4) is 0 Å². The van der Waals surface area contributed by atoms with E-state index in [1.807, 2.05) is 13.8 Å². The number of hydrogen-bond donors (Lipinski definition) is 3. The molecule has 0 aliphatic carbocycles. The fourth-order valence-corrected chi connectivity index (χ4v) is 1.56. The van der Waals surface area contributed by atoms with Crippen molar-refractivity contribution in [2.24, 2.45) is 11.7 Å². The molecule has 0 aromatic carbocycles. The molecule has 1 rings (SSSR count). The third-order valence-electron chi connectivity index (χ3n) is 2.65. The molecule has 0 spiro atoms. The highest BCUT2D eigenvalue weighted by molar-refractivity contribution is 5.91. The summed E-state index contributed by atoms with van der Waals surface area (Å²) in [6.07, 6.45) is 0.536. The minimum Gasteiger partial charge on any atom is -0.455 e. The normalized spacial score (nSPS) is 12.8. The van der Waals surface area contributed by atoms with Crippen molar-refractivity contribution >= 4 is 5.91 Å². The van der Waals surface area contributed by atoms with Crippen LogP contribution < -0.4 is 11.1 Å². The summed E-state index contributed by atoms with van der Waals surface area (Å²) in [5.74, 6) is 0.833. The second-order valence-corrected chi connectivity index (χ2v) is 4.31. The summed E-state index contributed by atoms with van der Waals surface area (Å²) < 4.78 is 5.25. The molecule has 1 unspecified atom stereocenters. The van der Waals surface area contributed by atoms with E-state index in [2.05, 4.69) is 5.32 Å². The molecule has 0 radical (unpaired) electrons. The quantitative estimate of drug-likeness (QED) is 0.688. The second kappa shape index (κ2) is 6.42. The van der Waals surface area contributed by atoms with Crippen LogP contribution in [0.2, 0.25) is 0 Å². The molecule has 5 heteroatoms. The van der Waals surface area contributed by atoms with Gasteiger partial charge in [0.25, 0.3) is 5.91 Å². The molecule has 96 valence electrons. The molecule has 0 saturated heterocycles. The summed E-state index contributed by atoms with van der Waals surface area (Å²) in [4.78, 5) is 11.8. The van der Waals surface area contributed by atoms with Crippen LogP contribution in [0.3, 0.4) is 0 Å². The Bertz CT molecular complexity index is 360. The Balaban J connectivity index is 2.63. The van der Waals surface area contributed by atoms with E-state index < -0.39 is 0 Å². The van der Waals surface area contributed by atoms with Crippen molar-refractivity contribution in [2.75, 3.05) is 6.61 Å². The SMILES string of the molecule is CC(C)C(CCO)NC(=O)c1ccc(CN)o1. The smallest absolute Gasteiger partial charge is 0.287 e. The average molecular weight is 240 g/mol. The molecule has 0 aliphatic heterocycles. The van der Waals surface area contributed by atoms with Crippen LogP contribution in [0.5, 0.6) is 0 Å². The maximum atomic E-state index is 11.8. The molecule has 0 saturated carbocycles. The third kappa shape index (κ3) is 3.87. The Morgan fingerprint density at radius 2 is 2.24 bits per heavy atom. The van der Waals surface area contributed by atoms with Crippen molar-refractivity contribution in [3.05, 3.63) is 23.7 Å². The van der Waals surface area contributed by atoms with Crippen LogP contribution in [-0.2, 0) is 6.54 Å². The second-order valence-electron chi connectivity index (χ2n) is 4.31. The van der Waals surface area contributed by atoms with Crippen molar-refractivity contribution in [1.82, 2.24) is 5.32 Å². The van der Waals surface area contributed by atoms with Crippen molar-refractivity contribution in [3.63, 3.8) is 0 Å². The standard InChI is InChI=1S/C12H20N2O3/c1-8(2)10(5-6-15)14-12(16)11-4-3-9(7-13)17-11/h3-4,8,10,15H,5-7,13H2,1-2H3,(H,14,16). The maximum Gasteiger partial charge on any atom is 0.287 e. The predicted octanol–water partition coefficient (Wildman–Crippen LogP) is 0.875. The Morgan fingerprint density at radius 3 is 2.71 bits per heavy atom. The summed E-state index contributed by atoms with van der Waals surface area (Å²) in [5, 5.41) is 11.8. The molecule has 0 aliphatic rings. The number of carbonyl (C=O) groups is 1. The van der Waals surface area contributed by atoms with Crippen molar-refractivity contribution in [2.45, 2.75) is 32.9 Å². The average Bonchev–Trinajstić information content (AvgIpc) is 2.76. The van der Waals surface area contributed by atoms with E-state index in [-0.39, 0.29) is 36.8 Å². The van der Waals surface area contributed by atoms with Crippen LogP contribution in [0.15, 0.2) is 16.5 Å². The summed E-state index contributed by atoms with van der Waals surface area (Å²) >= 11 is 0. The van der Waals surface area contributed by atoms with Gasteiger partial charge in [0.1, 0.15) is 5.76 Å². The van der Waals surface area contributed by atoms with Gasteiger partial charge < -0.3 is 20.6 Å². The molecule has 1 heterocycles. The molecule has 0 fully saturated rings. The topological polar surface area (TPSA) is 88.5 Å². The molecule has 4 N–H and O–H groups in total. The van der Waals surface area contributed by atoms with Crippen LogP contribution in [0.4, 0.5) is 0 Å². The molecule has 1 amide bonds. The number of aliphatic hydroxyl groups excluding tert-OH is 1. The number of amides is 1. The lowest BCUT2D eigenvalue weighted by Crippen LogP contribution is -2.39. The van der Waals surface area contributed by atoms with E-state index >= 15 is 0 Å². The fourth-order valence-electron chi connectivity index (χ4n) is 1.56. The lowest BCUT2D eigenvalue weighted by atomic mass is 10.0. The molecular formula is C12H20N2O3. The van der Waals surface area contributed by atoms with Crippen LogP contribution in [-0.4, -0.2) is 23.7 Å². The zero-order valence-electron chi connectivity index (χ0n) is 10.3. The van der Waals surface area contributed by atoms with E-state index in [9.17, 15) is 4.79 Å². The number of hydrogen-bond acceptors (Lipinski definition) is 4.